The van der Waals surface area contributed by atoms with Crippen LogP contribution in [0, 0.1) is 5.82 Å². The summed E-state index contributed by atoms with van der Waals surface area (Å²) in [6.45, 7) is 1.79. The lowest BCUT2D eigenvalue weighted by molar-refractivity contribution is -0.113. The Labute approximate surface area is 161 Å². The minimum absolute atomic E-state index is 0.171. The Morgan fingerprint density at radius 3 is 2.50 bits per heavy atom. The lowest BCUT2D eigenvalue weighted by Crippen LogP contribution is -2.27. The number of halogens is 1. The Morgan fingerprint density at radius 2 is 1.81 bits per heavy atom. The summed E-state index contributed by atoms with van der Waals surface area (Å²) in [6, 6.07) is 14.4. The third kappa shape index (κ3) is 3.27. The van der Waals surface area contributed by atoms with Crippen LogP contribution in [0.25, 0.3) is 6.08 Å². The zero-order valence-corrected chi connectivity index (χ0v) is 15.7. The molecule has 132 valence electrons. The number of nitrogens with zero attached hydrogens (tertiary/aromatic N) is 2. The molecule has 2 heterocycles. The minimum Gasteiger partial charge on any atom is -0.369 e. The number of thiocarbonyl (C=S) groups is 1. The molecule has 2 aliphatic heterocycles. The number of carbonyl (C=O) groups is 1. The first-order valence-electron chi connectivity index (χ1n) is 8.51. The average molecular weight is 385 g/mol. The Hall–Kier alpha value is -2.18. The van der Waals surface area contributed by atoms with E-state index in [0.717, 1.165) is 31.6 Å². The van der Waals surface area contributed by atoms with Gasteiger partial charge in [0.25, 0.3) is 5.91 Å². The summed E-state index contributed by atoms with van der Waals surface area (Å²) in [4.78, 5) is 16.8. The number of para-hydroxylation sites is 1. The van der Waals surface area contributed by atoms with Crippen molar-refractivity contribution in [1.29, 1.82) is 0 Å². The van der Waals surface area contributed by atoms with Gasteiger partial charge in [0, 0.05) is 13.1 Å². The predicted molar refractivity (Wildman–Crippen MR) is 110 cm³/mol. The maximum atomic E-state index is 14.5. The highest BCUT2D eigenvalue weighted by Crippen LogP contribution is 2.36. The van der Waals surface area contributed by atoms with Gasteiger partial charge in [-0.3, -0.25) is 9.69 Å². The average Bonchev–Trinajstić information content (AvgIpc) is 3.25. The minimum atomic E-state index is -0.251. The number of hydrogen-bond donors (Lipinski definition) is 0. The third-order valence-corrected chi connectivity index (χ3v) is 5.83. The number of thioether (sulfide) groups is 1. The molecule has 2 saturated heterocycles. The summed E-state index contributed by atoms with van der Waals surface area (Å²) >= 11 is 6.60. The molecule has 0 N–H and O–H groups in total. The first kappa shape index (κ1) is 17.2. The first-order chi connectivity index (χ1) is 12.6. The summed E-state index contributed by atoms with van der Waals surface area (Å²) in [5.41, 5.74) is 2.05. The summed E-state index contributed by atoms with van der Waals surface area (Å²) < 4.78 is 15.0. The van der Waals surface area contributed by atoms with Crippen LogP contribution >= 0.6 is 24.0 Å². The molecule has 26 heavy (non-hydrogen) atoms. The molecule has 4 rings (SSSR count). The molecule has 0 aromatic heterocycles. The van der Waals surface area contributed by atoms with Crippen molar-refractivity contribution in [2.45, 2.75) is 12.8 Å². The zero-order valence-electron chi connectivity index (χ0n) is 14.0. The van der Waals surface area contributed by atoms with Crippen LogP contribution in [-0.2, 0) is 4.79 Å². The number of benzene rings is 2. The monoisotopic (exact) mass is 384 g/mol. The maximum absolute atomic E-state index is 14.5. The number of hydrogen-bond acceptors (Lipinski definition) is 4. The van der Waals surface area contributed by atoms with E-state index in [9.17, 15) is 9.18 Å². The van der Waals surface area contributed by atoms with E-state index < -0.39 is 0 Å². The van der Waals surface area contributed by atoms with Crippen LogP contribution in [0.1, 0.15) is 18.4 Å². The fourth-order valence-electron chi connectivity index (χ4n) is 3.25. The zero-order chi connectivity index (χ0) is 18.1. The lowest BCUT2D eigenvalue weighted by Gasteiger charge is -2.18. The highest BCUT2D eigenvalue weighted by atomic mass is 32.2. The fourth-order valence-corrected chi connectivity index (χ4v) is 4.55. The first-order valence-corrected chi connectivity index (χ1v) is 9.73. The van der Waals surface area contributed by atoms with E-state index in [2.05, 4.69) is 4.90 Å². The smallest absolute Gasteiger partial charge is 0.270 e. The summed E-state index contributed by atoms with van der Waals surface area (Å²) in [5.74, 6) is -0.422. The van der Waals surface area contributed by atoms with E-state index in [0.29, 0.717) is 20.5 Å². The van der Waals surface area contributed by atoms with E-state index >= 15 is 0 Å². The van der Waals surface area contributed by atoms with Crippen molar-refractivity contribution in [3.63, 3.8) is 0 Å². The Morgan fingerprint density at radius 1 is 1.08 bits per heavy atom. The Balaban J connectivity index is 1.59. The second-order valence-electron chi connectivity index (χ2n) is 6.26. The quantitative estimate of drug-likeness (QED) is 0.559. The molecule has 2 aromatic carbocycles. The van der Waals surface area contributed by atoms with Crippen molar-refractivity contribution in [2.75, 3.05) is 22.9 Å². The molecule has 0 unspecified atom stereocenters. The van der Waals surface area contributed by atoms with Crippen LogP contribution in [0.4, 0.5) is 15.8 Å². The second kappa shape index (κ2) is 7.21. The van der Waals surface area contributed by atoms with Gasteiger partial charge in [-0.2, -0.15) is 0 Å². The van der Waals surface area contributed by atoms with Crippen LogP contribution in [0.2, 0.25) is 0 Å². The molecule has 0 bridgehead atoms. The molecule has 0 spiro atoms. The molecule has 1 amide bonds. The molecular formula is C20H17FN2OS2. The standard InChI is InChI=1S/C20H17FN2OS2/c21-16-12-14(8-9-17(16)22-10-4-5-11-22)13-18-19(24)23(20(25)26-18)15-6-2-1-3-7-15/h1-3,6-9,12-13H,4-5,10-11H2/b18-13-. The van der Waals surface area contributed by atoms with Crippen molar-refractivity contribution < 1.29 is 9.18 Å². The van der Waals surface area contributed by atoms with Gasteiger partial charge in [-0.15, -0.1) is 0 Å². The van der Waals surface area contributed by atoms with E-state index in [1.54, 1.807) is 12.1 Å². The summed E-state index contributed by atoms with van der Waals surface area (Å²) in [5, 5.41) is 0. The number of amides is 1. The van der Waals surface area contributed by atoms with Crippen LogP contribution in [0.5, 0.6) is 0 Å². The normalized spacial score (nSPS) is 19.0. The summed E-state index contributed by atoms with van der Waals surface area (Å²) in [6.07, 6.45) is 3.91. The van der Waals surface area contributed by atoms with Gasteiger partial charge in [-0.1, -0.05) is 48.2 Å². The highest BCUT2D eigenvalue weighted by molar-refractivity contribution is 8.27. The maximum Gasteiger partial charge on any atom is 0.270 e. The second-order valence-corrected chi connectivity index (χ2v) is 7.93. The SMILES string of the molecule is O=C1/C(=C/c2ccc(N3CCCC3)c(F)c2)SC(=S)N1c1ccccc1. The molecule has 0 saturated carbocycles. The highest BCUT2D eigenvalue weighted by Gasteiger charge is 2.33. The topological polar surface area (TPSA) is 23.6 Å². The molecule has 2 aromatic rings. The van der Waals surface area contributed by atoms with Crippen LogP contribution in [0.15, 0.2) is 53.4 Å². The predicted octanol–water partition coefficient (Wildman–Crippen LogP) is 4.83. The third-order valence-electron chi connectivity index (χ3n) is 4.52. The molecule has 2 aliphatic rings. The number of carbonyl (C=O) groups excluding carboxylic acids is 1. The molecule has 0 atom stereocenters. The molecule has 0 radical (unpaired) electrons. The molecular weight excluding hydrogens is 367 g/mol. The van der Waals surface area contributed by atoms with Crippen molar-refractivity contribution in [3.8, 4) is 0 Å². The van der Waals surface area contributed by atoms with Crippen molar-refractivity contribution in [2.24, 2.45) is 0 Å². The van der Waals surface area contributed by atoms with Gasteiger partial charge in [0.15, 0.2) is 4.32 Å². The van der Waals surface area contributed by atoms with Crippen LogP contribution in [-0.4, -0.2) is 23.3 Å². The van der Waals surface area contributed by atoms with Crippen LogP contribution in [0.3, 0.4) is 0 Å². The van der Waals surface area contributed by atoms with Gasteiger partial charge in [0.2, 0.25) is 0 Å². The van der Waals surface area contributed by atoms with E-state index in [1.807, 2.05) is 36.4 Å². The molecule has 0 aliphatic carbocycles. The van der Waals surface area contributed by atoms with Gasteiger partial charge in [-0.05, 0) is 48.7 Å². The Kier molecular flexibility index (Phi) is 4.78. The van der Waals surface area contributed by atoms with Crippen molar-refractivity contribution in [1.82, 2.24) is 0 Å². The van der Waals surface area contributed by atoms with Crippen molar-refractivity contribution in [3.05, 3.63) is 64.8 Å². The van der Waals surface area contributed by atoms with Gasteiger partial charge in [0.05, 0.1) is 16.3 Å². The van der Waals surface area contributed by atoms with Gasteiger partial charge < -0.3 is 4.90 Å². The lowest BCUT2D eigenvalue weighted by atomic mass is 10.1. The molecule has 6 heteroatoms. The van der Waals surface area contributed by atoms with Gasteiger partial charge >= 0.3 is 0 Å². The van der Waals surface area contributed by atoms with Gasteiger partial charge in [0.1, 0.15) is 5.82 Å². The number of anilines is 2. The van der Waals surface area contributed by atoms with Crippen molar-refractivity contribution >= 4 is 51.7 Å². The largest absolute Gasteiger partial charge is 0.369 e. The molecule has 2 fully saturated rings. The van der Waals surface area contributed by atoms with Gasteiger partial charge in [-0.25, -0.2) is 4.39 Å². The summed E-state index contributed by atoms with van der Waals surface area (Å²) in [7, 11) is 0. The van der Waals surface area contributed by atoms with E-state index in [4.69, 9.17) is 12.2 Å². The van der Waals surface area contributed by atoms with E-state index in [-0.39, 0.29) is 11.7 Å². The Bertz CT molecular complexity index is 892. The van der Waals surface area contributed by atoms with E-state index in [1.165, 1.54) is 22.7 Å². The van der Waals surface area contributed by atoms with Crippen LogP contribution < -0.4 is 9.80 Å². The molecule has 3 nitrogen and oxygen atoms in total. The number of rotatable bonds is 3. The fraction of sp³-hybridized carbons (Fsp3) is 0.200.